The van der Waals surface area contributed by atoms with E-state index in [2.05, 4.69) is 5.43 Å². The topological polar surface area (TPSA) is 32.1 Å². The van der Waals surface area contributed by atoms with Gasteiger partial charge in [-0.2, -0.15) is 0 Å². The molecule has 0 saturated heterocycles. The average Bonchev–Trinajstić information content (AvgIpc) is 2.31. The first-order chi connectivity index (χ1) is 7.77. The number of rotatable bonds is 3. The van der Waals surface area contributed by atoms with Crippen molar-refractivity contribution in [3.63, 3.8) is 0 Å². The number of nitrogens with zero attached hydrogens (tertiary/aromatic N) is 1. The van der Waals surface area contributed by atoms with Gasteiger partial charge in [0.15, 0.2) is 4.87 Å². The summed E-state index contributed by atoms with van der Waals surface area (Å²) in [5.74, 6) is 0. The van der Waals surface area contributed by atoms with Crippen molar-refractivity contribution in [1.29, 1.82) is 0 Å². The lowest BCUT2D eigenvalue weighted by Crippen LogP contribution is -2.10. The Morgan fingerprint density at radius 1 is 0.889 bits per heavy atom. The van der Waals surface area contributed by atoms with Gasteiger partial charge in [-0.15, -0.1) is 5.43 Å². The summed E-state index contributed by atoms with van der Waals surface area (Å²) in [5, 5.41) is 0. The van der Waals surface area contributed by atoms with Crippen LogP contribution in [0.3, 0.4) is 0 Å². The normalized spacial score (nSPS) is 8.72. The fourth-order valence-electron chi connectivity index (χ4n) is 1.48. The smallest absolute Gasteiger partial charge is 0.114 e. The molecule has 0 spiro atoms. The Kier molecular flexibility index (Phi) is 6.35. The number of para-hydroxylation sites is 2. The number of nitrogens with one attached hydrogen (secondary N) is 1. The molecule has 0 unspecified atom stereocenters. The highest BCUT2D eigenvalue weighted by Crippen LogP contribution is 2.17. The molecule has 0 atom stereocenters. The minimum Gasteiger partial charge on any atom is -0.114 e. The van der Waals surface area contributed by atoms with E-state index in [1.165, 1.54) is 0 Å². The van der Waals surface area contributed by atoms with Crippen molar-refractivity contribution in [2.24, 2.45) is 0 Å². The van der Waals surface area contributed by atoms with Crippen LogP contribution in [0.25, 0.3) is 0 Å². The molecule has 0 bridgehead atoms. The molecule has 96 valence electrons. The third-order valence-electron chi connectivity index (χ3n) is 2.34. The summed E-state index contributed by atoms with van der Waals surface area (Å²) >= 11 is 0. The molecule has 2 aromatic rings. The maximum atomic E-state index is 11.8. The van der Waals surface area contributed by atoms with Crippen molar-refractivity contribution in [3.8, 4) is 0 Å². The molecule has 3 nitrogen and oxygen atoms in total. The molecular weight excluding hydrogens is 224 g/mol. The third kappa shape index (κ3) is 3.70. The maximum Gasteiger partial charge on any atom is 0.295 e. The van der Waals surface area contributed by atoms with Gasteiger partial charge in [-0.05, 0) is 19.1 Å². The van der Waals surface area contributed by atoms with Crippen molar-refractivity contribution in [3.05, 3.63) is 65.1 Å². The second kappa shape index (κ2) is 7.22. The molecule has 0 aliphatic heterocycles. The summed E-state index contributed by atoms with van der Waals surface area (Å²) in [6, 6.07) is 16.8. The largest absolute Gasteiger partial charge is 0.295 e. The molecule has 18 heavy (non-hydrogen) atoms. The monoisotopic (exact) mass is 245 g/mol. The van der Waals surface area contributed by atoms with Crippen LogP contribution >= 0.6 is 0 Å². The van der Waals surface area contributed by atoms with Gasteiger partial charge in [0.2, 0.25) is 0 Å². The first-order valence-corrected chi connectivity index (χ1v) is 5.12. The van der Waals surface area contributed by atoms with Crippen LogP contribution in [0.1, 0.15) is 20.4 Å². The highest BCUT2D eigenvalue weighted by atomic mass is 16.3. The lowest BCUT2D eigenvalue weighted by atomic mass is 10.2. The summed E-state index contributed by atoms with van der Waals surface area (Å²) in [6.07, 6.45) is 0. The number of benzene rings is 2. The van der Waals surface area contributed by atoms with Crippen molar-refractivity contribution in [2.75, 3.05) is 5.43 Å². The first kappa shape index (κ1) is 15.8. The Labute approximate surface area is 109 Å². The molecule has 2 rings (SSSR count). The molecule has 0 amide bonds. The van der Waals surface area contributed by atoms with Gasteiger partial charge in [0.05, 0.1) is 4.91 Å². The number of hydrogen-bond donors (Lipinski definition) is 1. The molecule has 3 heteroatoms. The molecule has 0 heterocycles. The van der Waals surface area contributed by atoms with E-state index in [1.807, 2.05) is 55.5 Å². The Hall–Kier alpha value is -2.16. The molecule has 0 aromatic heterocycles. The Morgan fingerprint density at radius 2 is 1.44 bits per heavy atom. The number of aryl methyl sites for hydroxylation is 1. The number of hydrogen-bond acceptors (Lipinski definition) is 1. The molecule has 0 fully saturated rings. The average molecular weight is 245 g/mol. The van der Waals surface area contributed by atoms with Crippen LogP contribution in [0.4, 0.5) is 11.4 Å². The summed E-state index contributed by atoms with van der Waals surface area (Å²) in [7, 11) is 0. The van der Waals surface area contributed by atoms with Crippen molar-refractivity contribution in [1.82, 2.24) is 0 Å². The van der Waals surface area contributed by atoms with Crippen LogP contribution < -0.4 is 5.43 Å². The molecule has 1 N–H and O–H groups in total. The van der Waals surface area contributed by atoms with Crippen molar-refractivity contribution in [2.45, 2.75) is 21.8 Å². The van der Waals surface area contributed by atoms with E-state index in [-0.39, 0.29) is 14.9 Å². The molecule has 2 aromatic carbocycles. The Morgan fingerprint density at radius 3 is 2.06 bits per heavy atom. The van der Waals surface area contributed by atoms with Crippen molar-refractivity contribution < 1.29 is 4.87 Å². The van der Waals surface area contributed by atoms with Gasteiger partial charge in [-0.25, -0.2) is 0 Å². The zero-order valence-corrected chi connectivity index (χ0v) is 9.05. The highest BCUT2D eigenvalue weighted by molar-refractivity contribution is 5.43. The summed E-state index contributed by atoms with van der Waals surface area (Å²) in [6.45, 7) is 1.91. The number of anilines is 1. The second-order valence-corrected chi connectivity index (χ2v) is 3.56. The zero-order chi connectivity index (χ0) is 11.4. The lowest BCUT2D eigenvalue weighted by Gasteiger charge is -1.98. The van der Waals surface area contributed by atoms with Crippen LogP contribution in [0, 0.1) is 11.8 Å². The Balaban J connectivity index is 0.00000144. The standard InChI is InChI=1S/C13H13N2O.2CH4/c1-11-7-5-6-10-13(11)15(16)14-12-8-3-2-4-9-12;;/h2-10H,1H3,(H,14,16);2*1H4/q+1;;. The molecular formula is C15H21N2O+. The van der Waals surface area contributed by atoms with Gasteiger partial charge in [0.1, 0.15) is 5.69 Å². The molecule has 0 aliphatic rings. The fraction of sp³-hybridized carbons (Fsp3) is 0.200. The van der Waals surface area contributed by atoms with Gasteiger partial charge >= 0.3 is 0 Å². The van der Waals surface area contributed by atoms with Gasteiger partial charge < -0.3 is 0 Å². The van der Waals surface area contributed by atoms with E-state index in [9.17, 15) is 4.91 Å². The van der Waals surface area contributed by atoms with Gasteiger partial charge in [0.25, 0.3) is 5.69 Å². The van der Waals surface area contributed by atoms with Crippen molar-refractivity contribution >= 4 is 11.4 Å². The minimum atomic E-state index is 0. The van der Waals surface area contributed by atoms with Crippen LogP contribution in [0.15, 0.2) is 54.6 Å². The van der Waals surface area contributed by atoms with Crippen LogP contribution in [-0.4, -0.2) is 4.87 Å². The maximum absolute atomic E-state index is 11.8. The minimum absolute atomic E-state index is 0. The lowest BCUT2D eigenvalue weighted by molar-refractivity contribution is -0.428. The van der Waals surface area contributed by atoms with E-state index >= 15 is 0 Å². The number of hydrazine groups is 1. The molecule has 0 radical (unpaired) electrons. The van der Waals surface area contributed by atoms with E-state index in [4.69, 9.17) is 0 Å². The number of nitroso groups, excluding NO2 is 1. The van der Waals surface area contributed by atoms with Crippen LogP contribution in [-0.2, 0) is 0 Å². The Bertz CT molecular complexity index is 495. The van der Waals surface area contributed by atoms with Crippen LogP contribution in [0.5, 0.6) is 0 Å². The predicted octanol–water partition coefficient (Wildman–Crippen LogP) is 4.70. The van der Waals surface area contributed by atoms with Gasteiger partial charge in [-0.3, -0.25) is 0 Å². The first-order valence-electron chi connectivity index (χ1n) is 5.12. The predicted molar refractivity (Wildman–Crippen MR) is 78.0 cm³/mol. The van der Waals surface area contributed by atoms with E-state index < -0.39 is 0 Å². The third-order valence-corrected chi connectivity index (χ3v) is 2.34. The SMILES string of the molecule is C.C.Cc1ccccc1[N+](=O)Nc1ccccc1. The van der Waals surface area contributed by atoms with Crippen LogP contribution in [0.2, 0.25) is 0 Å². The summed E-state index contributed by atoms with van der Waals surface area (Å²) in [4.78, 5) is 12.6. The van der Waals surface area contributed by atoms with E-state index in [0.717, 1.165) is 16.1 Å². The van der Waals surface area contributed by atoms with E-state index in [1.54, 1.807) is 6.07 Å². The summed E-state index contributed by atoms with van der Waals surface area (Å²) in [5.41, 5.74) is 5.13. The molecule has 0 aliphatic carbocycles. The highest BCUT2D eigenvalue weighted by Gasteiger charge is 2.16. The van der Waals surface area contributed by atoms with Gasteiger partial charge in [-0.1, -0.05) is 51.3 Å². The summed E-state index contributed by atoms with van der Waals surface area (Å²) < 4.78 is 0. The second-order valence-electron chi connectivity index (χ2n) is 3.56. The van der Waals surface area contributed by atoms with Gasteiger partial charge in [0, 0.05) is 11.6 Å². The zero-order valence-electron chi connectivity index (χ0n) is 9.05. The molecule has 0 saturated carbocycles. The van der Waals surface area contributed by atoms with E-state index in [0.29, 0.717) is 5.69 Å². The quantitative estimate of drug-likeness (QED) is 0.627. The fourth-order valence-corrected chi connectivity index (χ4v) is 1.48.